The second-order valence-electron chi connectivity index (χ2n) is 5.84. The van der Waals surface area contributed by atoms with E-state index in [1.54, 1.807) is 7.11 Å². The third-order valence-corrected chi connectivity index (χ3v) is 3.69. The minimum atomic E-state index is 0.149. The molecule has 0 aliphatic carbocycles. The van der Waals surface area contributed by atoms with E-state index < -0.39 is 0 Å². The Morgan fingerprint density at radius 1 is 1.24 bits per heavy atom. The second-order valence-corrected chi connectivity index (χ2v) is 5.84. The van der Waals surface area contributed by atoms with Gasteiger partial charge in [-0.15, -0.1) is 0 Å². The third-order valence-electron chi connectivity index (χ3n) is 3.69. The largest absolute Gasteiger partial charge is 0.493 e. The lowest BCUT2D eigenvalue weighted by Crippen LogP contribution is -2.27. The van der Waals surface area contributed by atoms with Crippen LogP contribution in [-0.2, 0) is 11.3 Å². The highest BCUT2D eigenvalue weighted by molar-refractivity contribution is 5.43. The maximum absolute atomic E-state index is 5.73. The van der Waals surface area contributed by atoms with Crippen molar-refractivity contribution in [2.75, 3.05) is 26.9 Å². The van der Waals surface area contributed by atoms with Gasteiger partial charge in [0.1, 0.15) is 0 Å². The number of methoxy groups -OCH3 is 1. The minimum Gasteiger partial charge on any atom is -0.493 e. The predicted octanol–water partition coefficient (Wildman–Crippen LogP) is 3.00. The summed E-state index contributed by atoms with van der Waals surface area (Å²) >= 11 is 0. The average molecular weight is 293 g/mol. The Balaban J connectivity index is 1.85. The summed E-state index contributed by atoms with van der Waals surface area (Å²) in [5, 5.41) is 3.53. The Bertz CT molecular complexity index is 428. The van der Waals surface area contributed by atoms with Crippen LogP contribution in [0.15, 0.2) is 18.2 Å². The molecule has 118 valence electrons. The van der Waals surface area contributed by atoms with Crippen LogP contribution in [0, 0.1) is 5.92 Å². The van der Waals surface area contributed by atoms with Gasteiger partial charge in [0.15, 0.2) is 11.5 Å². The van der Waals surface area contributed by atoms with E-state index in [0.717, 1.165) is 56.6 Å². The van der Waals surface area contributed by atoms with Crippen molar-refractivity contribution in [3.05, 3.63) is 23.8 Å². The number of hydrogen-bond acceptors (Lipinski definition) is 4. The molecular formula is C17H27NO3. The first-order valence-electron chi connectivity index (χ1n) is 7.81. The summed E-state index contributed by atoms with van der Waals surface area (Å²) in [5.74, 6) is 2.35. The van der Waals surface area contributed by atoms with Crippen LogP contribution in [0.1, 0.15) is 32.3 Å². The summed E-state index contributed by atoms with van der Waals surface area (Å²) in [5.41, 5.74) is 1.22. The zero-order chi connectivity index (χ0) is 15.1. The third kappa shape index (κ3) is 5.21. The Labute approximate surface area is 127 Å². The minimum absolute atomic E-state index is 0.149. The Morgan fingerprint density at radius 2 is 2.00 bits per heavy atom. The standard InChI is InChI=1S/C17H27NO3/c1-13(2)21-16-5-4-15(10-17(16)19-3)12-18-11-14-6-8-20-9-7-14/h4-5,10,13-14,18H,6-9,11-12H2,1-3H3. The average Bonchev–Trinajstić information content (AvgIpc) is 2.49. The fourth-order valence-corrected chi connectivity index (χ4v) is 2.54. The van der Waals surface area contributed by atoms with Gasteiger partial charge in [-0.25, -0.2) is 0 Å². The Hall–Kier alpha value is -1.26. The molecule has 1 N–H and O–H groups in total. The molecule has 1 heterocycles. The summed E-state index contributed by atoms with van der Waals surface area (Å²) in [6.07, 6.45) is 2.48. The van der Waals surface area contributed by atoms with E-state index in [-0.39, 0.29) is 6.10 Å². The van der Waals surface area contributed by atoms with Crippen molar-refractivity contribution in [3.8, 4) is 11.5 Å². The van der Waals surface area contributed by atoms with E-state index in [4.69, 9.17) is 14.2 Å². The van der Waals surface area contributed by atoms with Crippen LogP contribution in [0.5, 0.6) is 11.5 Å². The molecule has 1 aromatic carbocycles. The molecule has 0 bridgehead atoms. The molecule has 4 nitrogen and oxygen atoms in total. The van der Waals surface area contributed by atoms with E-state index in [1.807, 2.05) is 19.9 Å². The van der Waals surface area contributed by atoms with E-state index in [9.17, 15) is 0 Å². The molecule has 1 aliphatic heterocycles. The van der Waals surface area contributed by atoms with Crippen LogP contribution in [0.25, 0.3) is 0 Å². The van der Waals surface area contributed by atoms with Crippen molar-refractivity contribution < 1.29 is 14.2 Å². The quantitative estimate of drug-likeness (QED) is 0.839. The molecule has 0 radical (unpaired) electrons. The highest BCUT2D eigenvalue weighted by Crippen LogP contribution is 2.29. The summed E-state index contributed by atoms with van der Waals surface area (Å²) in [6.45, 7) is 7.75. The van der Waals surface area contributed by atoms with Crippen LogP contribution in [0.2, 0.25) is 0 Å². The molecule has 4 heteroatoms. The highest BCUT2D eigenvalue weighted by atomic mass is 16.5. The fourth-order valence-electron chi connectivity index (χ4n) is 2.54. The zero-order valence-corrected chi connectivity index (χ0v) is 13.4. The molecule has 2 rings (SSSR count). The summed E-state index contributed by atoms with van der Waals surface area (Å²) in [7, 11) is 1.68. The topological polar surface area (TPSA) is 39.7 Å². The monoisotopic (exact) mass is 293 g/mol. The van der Waals surface area contributed by atoms with Gasteiger partial charge in [-0.3, -0.25) is 0 Å². The first-order chi connectivity index (χ1) is 10.2. The van der Waals surface area contributed by atoms with Gasteiger partial charge in [0.2, 0.25) is 0 Å². The number of hydrogen-bond donors (Lipinski definition) is 1. The number of benzene rings is 1. The molecule has 21 heavy (non-hydrogen) atoms. The maximum atomic E-state index is 5.73. The molecule has 0 atom stereocenters. The van der Waals surface area contributed by atoms with Gasteiger partial charge >= 0.3 is 0 Å². The first kappa shape index (κ1) is 16.1. The number of rotatable bonds is 7. The predicted molar refractivity (Wildman–Crippen MR) is 84.0 cm³/mol. The Morgan fingerprint density at radius 3 is 2.67 bits per heavy atom. The lowest BCUT2D eigenvalue weighted by atomic mass is 10.0. The normalized spacial score (nSPS) is 16.2. The van der Waals surface area contributed by atoms with E-state index in [2.05, 4.69) is 17.4 Å². The maximum Gasteiger partial charge on any atom is 0.161 e. The molecule has 1 aliphatic rings. The summed E-state index contributed by atoms with van der Waals surface area (Å²) < 4.78 is 16.5. The van der Waals surface area contributed by atoms with Crippen molar-refractivity contribution in [1.82, 2.24) is 5.32 Å². The van der Waals surface area contributed by atoms with Gasteiger partial charge in [0, 0.05) is 19.8 Å². The molecule has 1 fully saturated rings. The van der Waals surface area contributed by atoms with Crippen LogP contribution in [-0.4, -0.2) is 33.0 Å². The van der Waals surface area contributed by atoms with Gasteiger partial charge in [0.05, 0.1) is 13.2 Å². The fraction of sp³-hybridized carbons (Fsp3) is 0.647. The number of nitrogens with one attached hydrogen (secondary N) is 1. The van der Waals surface area contributed by atoms with Crippen molar-refractivity contribution >= 4 is 0 Å². The summed E-state index contributed by atoms with van der Waals surface area (Å²) in [6, 6.07) is 6.14. The lowest BCUT2D eigenvalue weighted by Gasteiger charge is -2.22. The van der Waals surface area contributed by atoms with Crippen molar-refractivity contribution in [2.45, 2.75) is 39.3 Å². The molecule has 1 aromatic rings. The van der Waals surface area contributed by atoms with Gasteiger partial charge < -0.3 is 19.5 Å². The SMILES string of the molecule is COc1cc(CNCC2CCOCC2)ccc1OC(C)C. The summed E-state index contributed by atoms with van der Waals surface area (Å²) in [4.78, 5) is 0. The van der Waals surface area contributed by atoms with Crippen LogP contribution < -0.4 is 14.8 Å². The van der Waals surface area contributed by atoms with E-state index >= 15 is 0 Å². The van der Waals surface area contributed by atoms with Crippen molar-refractivity contribution in [3.63, 3.8) is 0 Å². The van der Waals surface area contributed by atoms with Crippen molar-refractivity contribution in [2.24, 2.45) is 5.92 Å². The highest BCUT2D eigenvalue weighted by Gasteiger charge is 2.13. The smallest absolute Gasteiger partial charge is 0.161 e. The van der Waals surface area contributed by atoms with E-state index in [0.29, 0.717) is 0 Å². The van der Waals surface area contributed by atoms with Gasteiger partial charge in [0.25, 0.3) is 0 Å². The molecule has 1 saturated heterocycles. The van der Waals surface area contributed by atoms with E-state index in [1.165, 1.54) is 5.56 Å². The van der Waals surface area contributed by atoms with Crippen LogP contribution >= 0.6 is 0 Å². The van der Waals surface area contributed by atoms with Gasteiger partial charge in [-0.2, -0.15) is 0 Å². The van der Waals surface area contributed by atoms with Gasteiger partial charge in [-0.1, -0.05) is 6.07 Å². The molecule has 0 aromatic heterocycles. The second kappa shape index (κ2) is 8.25. The molecule has 0 saturated carbocycles. The zero-order valence-electron chi connectivity index (χ0n) is 13.4. The molecule has 0 spiro atoms. The lowest BCUT2D eigenvalue weighted by molar-refractivity contribution is 0.0662. The molecular weight excluding hydrogens is 266 g/mol. The van der Waals surface area contributed by atoms with Gasteiger partial charge in [-0.05, 0) is 56.8 Å². The number of ether oxygens (including phenoxy) is 3. The molecule has 0 amide bonds. The Kier molecular flexibility index (Phi) is 6.33. The van der Waals surface area contributed by atoms with Crippen LogP contribution in [0.4, 0.5) is 0 Å². The first-order valence-corrected chi connectivity index (χ1v) is 7.81. The van der Waals surface area contributed by atoms with Crippen molar-refractivity contribution in [1.29, 1.82) is 0 Å². The molecule has 0 unspecified atom stereocenters. The van der Waals surface area contributed by atoms with Crippen LogP contribution in [0.3, 0.4) is 0 Å².